The monoisotopic (exact) mass is 533 g/mol. The number of aliphatic hydroxyl groups is 1. The third-order valence-corrected chi connectivity index (χ3v) is 8.05. The van der Waals surface area contributed by atoms with E-state index < -0.39 is 45.6 Å². The van der Waals surface area contributed by atoms with Crippen LogP contribution in [0.4, 0.5) is 4.79 Å². The lowest BCUT2D eigenvalue weighted by molar-refractivity contribution is -0.126. The van der Waals surface area contributed by atoms with Crippen molar-refractivity contribution in [2.75, 3.05) is 13.2 Å². The van der Waals surface area contributed by atoms with Gasteiger partial charge >= 0.3 is 6.09 Å². The Labute approximate surface area is 214 Å². The minimum absolute atomic E-state index is 0.000418. The number of hydrogen-bond donors (Lipinski definition) is 5. The predicted molar refractivity (Wildman–Crippen MR) is 133 cm³/mol. The van der Waals surface area contributed by atoms with Crippen LogP contribution in [0, 0.1) is 23.7 Å². The first-order chi connectivity index (χ1) is 16.9. The highest BCUT2D eigenvalue weighted by atomic mass is 32.2. The number of carbonyl (C=O) groups is 3. The third kappa shape index (κ3) is 9.85. The normalized spacial score (nSPS) is 25.1. The maximum Gasteiger partial charge on any atom is 0.407 e. The quantitative estimate of drug-likeness (QED) is 0.224. The molecule has 36 heavy (non-hydrogen) atoms. The second kappa shape index (κ2) is 14.1. The lowest BCUT2D eigenvalue weighted by Crippen LogP contribution is -2.55. The number of carbonyl (C=O) groups excluding carboxylic acids is 3. The van der Waals surface area contributed by atoms with Gasteiger partial charge in [0.2, 0.25) is 17.3 Å². The minimum atomic E-state index is -4.91. The van der Waals surface area contributed by atoms with Crippen molar-refractivity contribution in [1.29, 1.82) is 0 Å². The Morgan fingerprint density at radius 3 is 2.28 bits per heavy atom. The highest BCUT2D eigenvalue weighted by molar-refractivity contribution is 7.86. The average Bonchev–Trinajstić information content (AvgIpc) is 3.20. The molecule has 0 spiro atoms. The van der Waals surface area contributed by atoms with Crippen molar-refractivity contribution in [3.63, 3.8) is 0 Å². The molecule has 0 radical (unpaired) electrons. The Morgan fingerprint density at radius 1 is 1.11 bits per heavy atom. The molecule has 4 atom stereocenters. The summed E-state index contributed by atoms with van der Waals surface area (Å²) in [5.41, 5.74) is -2.32. The molecule has 2 aliphatic rings. The van der Waals surface area contributed by atoms with Crippen LogP contribution in [0.1, 0.15) is 78.6 Å². The summed E-state index contributed by atoms with van der Waals surface area (Å²) in [4.78, 5) is 37.5. The zero-order valence-electron chi connectivity index (χ0n) is 21.6. The van der Waals surface area contributed by atoms with Gasteiger partial charge < -0.3 is 25.8 Å². The van der Waals surface area contributed by atoms with Crippen LogP contribution in [0.2, 0.25) is 0 Å². The van der Waals surface area contributed by atoms with Gasteiger partial charge in [0.15, 0.2) is 0 Å². The molecule has 0 aromatic heterocycles. The Kier molecular flexibility index (Phi) is 11.9. The van der Waals surface area contributed by atoms with Crippen molar-refractivity contribution in [3.05, 3.63) is 0 Å². The Bertz CT molecular complexity index is 842. The minimum Gasteiger partial charge on any atom is -0.449 e. The van der Waals surface area contributed by atoms with E-state index in [0.717, 1.165) is 31.6 Å². The highest BCUT2D eigenvalue weighted by Gasteiger charge is 2.38. The molecule has 3 amide bonds. The lowest BCUT2D eigenvalue weighted by atomic mass is 9.80. The van der Waals surface area contributed by atoms with E-state index in [4.69, 9.17) is 4.74 Å². The molecule has 208 valence electrons. The summed E-state index contributed by atoms with van der Waals surface area (Å²) >= 11 is 0. The SMILES string of the molecule is CCCC1CCC(COC(=O)NC(CC(C)C)C(=O)NC(CC2CCNC2=O)C(O)S(=O)(=O)O)CC1. The maximum atomic E-state index is 13.0. The molecular weight excluding hydrogens is 490 g/mol. The molecule has 4 unspecified atom stereocenters. The molecule has 1 saturated carbocycles. The number of aliphatic hydroxyl groups excluding tert-OH is 1. The van der Waals surface area contributed by atoms with Crippen molar-refractivity contribution in [2.24, 2.45) is 23.7 Å². The van der Waals surface area contributed by atoms with Gasteiger partial charge in [-0.2, -0.15) is 8.42 Å². The van der Waals surface area contributed by atoms with Gasteiger partial charge in [-0.1, -0.05) is 46.5 Å². The molecule has 12 heteroatoms. The Hall–Kier alpha value is -1.92. The van der Waals surface area contributed by atoms with Crippen molar-refractivity contribution in [2.45, 2.75) is 96.1 Å². The number of alkyl carbamates (subject to hydrolysis) is 1. The summed E-state index contributed by atoms with van der Waals surface area (Å²) in [5.74, 6) is -0.651. The zero-order chi connectivity index (χ0) is 26.9. The maximum absolute atomic E-state index is 13.0. The fraction of sp³-hybridized carbons (Fsp3) is 0.875. The van der Waals surface area contributed by atoms with Gasteiger partial charge in [0, 0.05) is 12.5 Å². The molecule has 11 nitrogen and oxygen atoms in total. The van der Waals surface area contributed by atoms with E-state index >= 15 is 0 Å². The number of hydrogen-bond acceptors (Lipinski definition) is 7. The van der Waals surface area contributed by atoms with Gasteiger partial charge in [-0.05, 0) is 49.9 Å². The van der Waals surface area contributed by atoms with Gasteiger partial charge in [0.1, 0.15) is 6.04 Å². The molecule has 0 aromatic carbocycles. The largest absolute Gasteiger partial charge is 0.449 e. The van der Waals surface area contributed by atoms with E-state index in [1.807, 2.05) is 13.8 Å². The van der Waals surface area contributed by atoms with E-state index in [9.17, 15) is 32.5 Å². The summed E-state index contributed by atoms with van der Waals surface area (Å²) in [7, 11) is -4.91. The van der Waals surface area contributed by atoms with Crippen molar-refractivity contribution < 1.29 is 37.2 Å². The van der Waals surface area contributed by atoms with Crippen molar-refractivity contribution in [1.82, 2.24) is 16.0 Å². The first-order valence-electron chi connectivity index (χ1n) is 13.1. The average molecular weight is 534 g/mol. The fourth-order valence-electron chi connectivity index (χ4n) is 5.09. The first-order valence-corrected chi connectivity index (χ1v) is 14.6. The highest BCUT2D eigenvalue weighted by Crippen LogP contribution is 2.31. The Morgan fingerprint density at radius 2 is 1.75 bits per heavy atom. The van der Waals surface area contributed by atoms with Crippen LogP contribution in [-0.2, 0) is 24.4 Å². The lowest BCUT2D eigenvalue weighted by Gasteiger charge is -2.29. The molecule has 2 rings (SSSR count). The van der Waals surface area contributed by atoms with Gasteiger partial charge in [-0.15, -0.1) is 0 Å². The summed E-state index contributed by atoms with van der Waals surface area (Å²) in [5, 5.41) is 17.8. The van der Waals surface area contributed by atoms with Gasteiger partial charge in [0.25, 0.3) is 10.1 Å². The summed E-state index contributed by atoms with van der Waals surface area (Å²) in [6.07, 6.45) is 6.35. The van der Waals surface area contributed by atoms with E-state index in [-0.39, 0.29) is 37.2 Å². The zero-order valence-corrected chi connectivity index (χ0v) is 22.4. The van der Waals surface area contributed by atoms with Crippen LogP contribution in [0.3, 0.4) is 0 Å². The van der Waals surface area contributed by atoms with Gasteiger partial charge in [-0.25, -0.2) is 4.79 Å². The third-order valence-electron chi connectivity index (χ3n) is 7.11. The van der Waals surface area contributed by atoms with Gasteiger partial charge in [-0.3, -0.25) is 14.1 Å². The predicted octanol–water partition coefficient (Wildman–Crippen LogP) is 1.95. The van der Waals surface area contributed by atoms with Crippen molar-refractivity contribution in [3.8, 4) is 0 Å². The molecule has 0 aromatic rings. The first kappa shape index (κ1) is 30.3. The van der Waals surface area contributed by atoms with Crippen LogP contribution in [0.15, 0.2) is 0 Å². The topological polar surface area (TPSA) is 171 Å². The molecule has 1 saturated heterocycles. The molecule has 5 N–H and O–H groups in total. The standard InChI is InChI=1S/C24H43N3O8S/c1-4-5-16-6-8-17(9-7-16)14-35-24(31)27-19(12-15(2)3)22(29)26-20(23(30)36(32,33)34)13-18-10-11-25-21(18)28/h15-20,23,30H,4-14H2,1-3H3,(H,25,28)(H,26,29)(H,27,31)(H,32,33,34). The second-order valence-electron chi connectivity index (χ2n) is 10.6. The number of amides is 3. The van der Waals surface area contributed by atoms with Crippen LogP contribution >= 0.6 is 0 Å². The van der Waals surface area contributed by atoms with E-state index in [1.165, 1.54) is 12.8 Å². The number of rotatable bonds is 13. The van der Waals surface area contributed by atoms with Crippen molar-refractivity contribution >= 4 is 28.0 Å². The van der Waals surface area contributed by atoms with E-state index in [2.05, 4.69) is 22.9 Å². The molecular formula is C24H43N3O8S. The van der Waals surface area contributed by atoms with Crippen LogP contribution in [0.5, 0.6) is 0 Å². The second-order valence-corrected chi connectivity index (χ2v) is 12.1. The van der Waals surface area contributed by atoms with Gasteiger partial charge in [0.05, 0.1) is 12.6 Å². The van der Waals surface area contributed by atoms with Crippen LogP contribution in [0.25, 0.3) is 0 Å². The number of nitrogens with one attached hydrogen (secondary N) is 3. The summed E-state index contributed by atoms with van der Waals surface area (Å²) in [6, 6.07) is -2.49. The van der Waals surface area contributed by atoms with E-state index in [0.29, 0.717) is 13.0 Å². The summed E-state index contributed by atoms with van der Waals surface area (Å²) < 4.78 is 37.9. The summed E-state index contributed by atoms with van der Waals surface area (Å²) in [6.45, 7) is 6.56. The van der Waals surface area contributed by atoms with Crippen LogP contribution < -0.4 is 16.0 Å². The smallest absolute Gasteiger partial charge is 0.407 e. The van der Waals surface area contributed by atoms with Crippen LogP contribution in [-0.4, -0.2) is 66.7 Å². The molecule has 1 aliphatic heterocycles. The van der Waals surface area contributed by atoms with E-state index in [1.54, 1.807) is 0 Å². The Balaban J connectivity index is 1.97. The fourth-order valence-corrected chi connectivity index (χ4v) is 5.68. The number of ether oxygens (including phenoxy) is 1. The molecule has 1 heterocycles. The molecule has 2 fully saturated rings. The molecule has 1 aliphatic carbocycles. The molecule has 0 bridgehead atoms.